The fraction of sp³-hybridized carbons (Fsp3) is 0.500. The topological polar surface area (TPSA) is 124 Å². The summed E-state index contributed by atoms with van der Waals surface area (Å²) in [4.78, 5) is 8.31. The zero-order chi connectivity index (χ0) is 20.6. The maximum atomic E-state index is 5.52. The van der Waals surface area contributed by atoms with Crippen LogP contribution in [0.25, 0.3) is 0 Å². The normalized spacial score (nSPS) is 10.8. The largest absolute Gasteiger partial charge is 0.490 e. The van der Waals surface area contributed by atoms with Gasteiger partial charge in [-0.2, -0.15) is 0 Å². The number of nitrogens with two attached hydrogens (primary N) is 2. The van der Waals surface area contributed by atoms with Crippen LogP contribution in [0.3, 0.4) is 0 Å². The Kier molecular flexibility index (Phi) is 11.6. The smallest absolute Gasteiger partial charge is 0.137 e. The Labute approximate surface area is 171 Å². The van der Waals surface area contributed by atoms with E-state index < -0.39 is 0 Å². The highest BCUT2D eigenvalue weighted by atomic mass is 16.6. The van der Waals surface area contributed by atoms with Crippen molar-refractivity contribution in [3.05, 3.63) is 48.0 Å². The number of hydrogen-bond acceptors (Lipinski definition) is 9. The third-order valence-corrected chi connectivity index (χ3v) is 3.75. The van der Waals surface area contributed by atoms with Crippen molar-refractivity contribution in [3.8, 4) is 11.5 Å². The molecule has 0 fully saturated rings. The van der Waals surface area contributed by atoms with Crippen LogP contribution in [0.1, 0.15) is 11.4 Å². The van der Waals surface area contributed by atoms with Gasteiger partial charge < -0.3 is 35.2 Å². The Bertz CT molecular complexity index is 597. The minimum atomic E-state index is 0.421. The van der Waals surface area contributed by atoms with E-state index in [2.05, 4.69) is 9.97 Å². The summed E-state index contributed by atoms with van der Waals surface area (Å²) in [5.74, 6) is 1.40. The van der Waals surface area contributed by atoms with Crippen molar-refractivity contribution in [2.75, 3.05) is 52.9 Å². The van der Waals surface area contributed by atoms with Gasteiger partial charge >= 0.3 is 0 Å². The maximum absolute atomic E-state index is 5.52. The van der Waals surface area contributed by atoms with Crippen LogP contribution in [-0.2, 0) is 27.3 Å². The molecule has 0 aliphatic heterocycles. The molecule has 0 aromatic carbocycles. The van der Waals surface area contributed by atoms with Gasteiger partial charge in [-0.05, 0) is 24.3 Å². The van der Waals surface area contributed by atoms with Crippen molar-refractivity contribution in [3.63, 3.8) is 0 Å². The van der Waals surface area contributed by atoms with Crippen LogP contribution in [0.4, 0.5) is 0 Å². The van der Waals surface area contributed by atoms with Crippen LogP contribution in [0, 0.1) is 0 Å². The van der Waals surface area contributed by atoms with Crippen molar-refractivity contribution in [2.45, 2.75) is 13.1 Å². The van der Waals surface area contributed by atoms with Crippen LogP contribution < -0.4 is 20.9 Å². The summed E-state index contributed by atoms with van der Waals surface area (Å²) in [6.07, 6.45) is 3.31. The predicted molar refractivity (Wildman–Crippen MR) is 108 cm³/mol. The SMILES string of the molecule is NCc1ccc(OCCOCCOCCOCCOc2ccc(CN)nc2)cn1. The zero-order valence-electron chi connectivity index (χ0n) is 16.6. The second-order valence-corrected chi connectivity index (χ2v) is 5.91. The first-order valence-electron chi connectivity index (χ1n) is 9.60. The van der Waals surface area contributed by atoms with Crippen LogP contribution in [0.2, 0.25) is 0 Å². The van der Waals surface area contributed by atoms with Crippen molar-refractivity contribution >= 4 is 0 Å². The molecule has 0 unspecified atom stereocenters. The van der Waals surface area contributed by atoms with Crippen molar-refractivity contribution < 1.29 is 23.7 Å². The van der Waals surface area contributed by atoms with E-state index in [0.29, 0.717) is 77.4 Å². The van der Waals surface area contributed by atoms with Gasteiger partial charge in [-0.3, -0.25) is 9.97 Å². The number of pyridine rings is 2. The molecule has 9 heteroatoms. The molecule has 0 saturated carbocycles. The first-order valence-corrected chi connectivity index (χ1v) is 9.60. The molecule has 0 bridgehead atoms. The number of rotatable bonds is 16. The third kappa shape index (κ3) is 10.2. The summed E-state index contributed by atoms with van der Waals surface area (Å²) in [6, 6.07) is 7.37. The number of aromatic nitrogens is 2. The summed E-state index contributed by atoms with van der Waals surface area (Å²) < 4.78 is 27.4. The summed E-state index contributed by atoms with van der Waals surface area (Å²) in [5.41, 5.74) is 12.7. The summed E-state index contributed by atoms with van der Waals surface area (Å²) in [6.45, 7) is 4.74. The lowest BCUT2D eigenvalue weighted by molar-refractivity contribution is 0.00496. The molecule has 0 atom stereocenters. The molecular weight excluding hydrogens is 376 g/mol. The van der Waals surface area contributed by atoms with E-state index >= 15 is 0 Å². The first-order chi connectivity index (χ1) is 14.3. The van der Waals surface area contributed by atoms with E-state index in [0.717, 1.165) is 11.4 Å². The van der Waals surface area contributed by atoms with Gasteiger partial charge in [0.2, 0.25) is 0 Å². The predicted octanol–water partition coefficient (Wildman–Crippen LogP) is 0.902. The minimum Gasteiger partial charge on any atom is -0.490 e. The first kappa shape index (κ1) is 23.0. The average Bonchev–Trinajstić information content (AvgIpc) is 2.77. The van der Waals surface area contributed by atoms with Gasteiger partial charge in [0.05, 0.1) is 63.4 Å². The third-order valence-electron chi connectivity index (χ3n) is 3.75. The van der Waals surface area contributed by atoms with Gasteiger partial charge in [0.1, 0.15) is 24.7 Å². The van der Waals surface area contributed by atoms with Crippen molar-refractivity contribution in [2.24, 2.45) is 11.5 Å². The zero-order valence-corrected chi connectivity index (χ0v) is 16.6. The highest BCUT2D eigenvalue weighted by Crippen LogP contribution is 2.09. The number of nitrogens with zero attached hydrogens (tertiary/aromatic N) is 2. The van der Waals surface area contributed by atoms with Crippen LogP contribution in [0.15, 0.2) is 36.7 Å². The van der Waals surface area contributed by atoms with Gasteiger partial charge in [-0.15, -0.1) is 0 Å². The van der Waals surface area contributed by atoms with E-state index in [1.807, 2.05) is 24.3 Å². The molecule has 0 spiro atoms. The molecule has 0 saturated heterocycles. The molecule has 0 aliphatic carbocycles. The van der Waals surface area contributed by atoms with E-state index in [-0.39, 0.29) is 0 Å². The molecular formula is C20H30N4O5. The Balaban J connectivity index is 1.34. The fourth-order valence-corrected chi connectivity index (χ4v) is 2.21. The second kappa shape index (κ2) is 14.7. The van der Waals surface area contributed by atoms with Crippen LogP contribution in [0.5, 0.6) is 11.5 Å². The van der Waals surface area contributed by atoms with E-state index in [4.69, 9.17) is 35.2 Å². The number of ether oxygens (including phenoxy) is 5. The molecule has 2 aromatic heterocycles. The van der Waals surface area contributed by atoms with Crippen LogP contribution >= 0.6 is 0 Å². The lowest BCUT2D eigenvalue weighted by Gasteiger charge is -2.09. The molecule has 4 N–H and O–H groups in total. The highest BCUT2D eigenvalue weighted by Gasteiger charge is 1.98. The lowest BCUT2D eigenvalue weighted by Crippen LogP contribution is -2.14. The quantitative estimate of drug-likeness (QED) is 0.391. The van der Waals surface area contributed by atoms with Gasteiger partial charge in [0, 0.05) is 13.1 Å². The summed E-state index contributed by atoms with van der Waals surface area (Å²) in [5, 5.41) is 0. The second-order valence-electron chi connectivity index (χ2n) is 5.91. The van der Waals surface area contributed by atoms with Crippen LogP contribution in [-0.4, -0.2) is 62.8 Å². The minimum absolute atomic E-state index is 0.421. The number of hydrogen-bond donors (Lipinski definition) is 2. The molecule has 2 rings (SSSR count). The molecule has 160 valence electrons. The molecule has 0 amide bonds. The van der Waals surface area contributed by atoms with Gasteiger partial charge in [0.25, 0.3) is 0 Å². The van der Waals surface area contributed by atoms with E-state index in [1.54, 1.807) is 12.4 Å². The molecule has 2 heterocycles. The molecule has 0 aliphatic rings. The maximum Gasteiger partial charge on any atom is 0.137 e. The van der Waals surface area contributed by atoms with E-state index in [9.17, 15) is 0 Å². The Morgan fingerprint density at radius 2 is 0.931 bits per heavy atom. The van der Waals surface area contributed by atoms with Crippen molar-refractivity contribution in [1.82, 2.24) is 9.97 Å². The molecule has 2 aromatic rings. The van der Waals surface area contributed by atoms with Gasteiger partial charge in [-0.25, -0.2) is 0 Å². The fourth-order valence-electron chi connectivity index (χ4n) is 2.21. The average molecular weight is 406 g/mol. The summed E-state index contributed by atoms with van der Waals surface area (Å²) >= 11 is 0. The summed E-state index contributed by atoms with van der Waals surface area (Å²) in [7, 11) is 0. The Hall–Kier alpha value is -2.30. The lowest BCUT2D eigenvalue weighted by atomic mass is 10.3. The Morgan fingerprint density at radius 1 is 0.552 bits per heavy atom. The van der Waals surface area contributed by atoms with Gasteiger partial charge in [-0.1, -0.05) is 0 Å². The van der Waals surface area contributed by atoms with Gasteiger partial charge in [0.15, 0.2) is 0 Å². The molecule has 0 radical (unpaired) electrons. The molecule has 9 nitrogen and oxygen atoms in total. The molecule has 29 heavy (non-hydrogen) atoms. The highest BCUT2D eigenvalue weighted by molar-refractivity contribution is 5.20. The van der Waals surface area contributed by atoms with Crippen molar-refractivity contribution in [1.29, 1.82) is 0 Å². The standard InChI is InChI=1S/C20H30N4O5/c21-13-17-1-3-19(15-23-17)28-11-9-26-7-5-25-6-8-27-10-12-29-20-4-2-18(14-22)24-16-20/h1-4,15-16H,5-14,21-22H2. The van der Waals surface area contributed by atoms with E-state index in [1.165, 1.54) is 0 Å². The monoisotopic (exact) mass is 406 g/mol. The Morgan fingerprint density at radius 3 is 1.24 bits per heavy atom.